The molecule has 0 radical (unpaired) electrons. The van der Waals surface area contributed by atoms with Gasteiger partial charge < -0.3 is 9.88 Å². The number of para-hydroxylation sites is 1. The van der Waals surface area contributed by atoms with E-state index in [2.05, 4.69) is 28.2 Å². The molecular weight excluding hydrogens is 545 g/mol. The number of carbonyl (C=O) groups is 1. The van der Waals surface area contributed by atoms with Crippen molar-refractivity contribution < 1.29 is 4.79 Å². The van der Waals surface area contributed by atoms with Gasteiger partial charge in [-0.1, -0.05) is 77.8 Å². The van der Waals surface area contributed by atoms with Crippen LogP contribution in [0.25, 0.3) is 10.9 Å². The molecule has 2 heterocycles. The average Bonchev–Trinajstić information content (AvgIpc) is 3.50. The lowest BCUT2D eigenvalue weighted by molar-refractivity contribution is 0.0951. The third kappa shape index (κ3) is 5.53. The van der Waals surface area contributed by atoms with E-state index in [1.165, 1.54) is 10.4 Å². The molecule has 5 aromatic rings. The van der Waals surface area contributed by atoms with Crippen LogP contribution in [0.3, 0.4) is 0 Å². The second kappa shape index (κ2) is 11.4. The average molecular weight is 573 g/mol. The fourth-order valence-electron chi connectivity index (χ4n) is 5.21. The monoisotopic (exact) mass is 571 g/mol. The summed E-state index contributed by atoms with van der Waals surface area (Å²) in [6.45, 7) is 1.11. The Morgan fingerprint density at radius 2 is 1.79 bits per heavy atom. The smallest absolute Gasteiger partial charge is 0.254 e. The van der Waals surface area contributed by atoms with Crippen molar-refractivity contribution >= 4 is 62.6 Å². The van der Waals surface area contributed by atoms with Crippen LogP contribution < -0.4 is 5.32 Å². The molecule has 0 spiro atoms. The zero-order valence-electron chi connectivity index (χ0n) is 21.3. The van der Waals surface area contributed by atoms with E-state index < -0.39 is 0 Å². The van der Waals surface area contributed by atoms with Gasteiger partial charge in [0.2, 0.25) is 0 Å². The lowest BCUT2D eigenvalue weighted by Gasteiger charge is -2.12. The van der Waals surface area contributed by atoms with Crippen LogP contribution in [0.4, 0.5) is 5.00 Å². The number of nitrogens with zero attached hydrogens (tertiary/aromatic N) is 2. The molecule has 1 aliphatic carbocycles. The summed E-state index contributed by atoms with van der Waals surface area (Å²) in [7, 11) is 0. The molecule has 0 aliphatic heterocycles. The van der Waals surface area contributed by atoms with Crippen LogP contribution in [-0.4, -0.2) is 16.7 Å². The molecule has 0 saturated carbocycles. The van der Waals surface area contributed by atoms with Crippen molar-refractivity contribution in [3.8, 4) is 0 Å². The maximum absolute atomic E-state index is 13.5. The maximum atomic E-state index is 13.5. The predicted octanol–water partition coefficient (Wildman–Crippen LogP) is 8.62. The van der Waals surface area contributed by atoms with E-state index in [-0.39, 0.29) is 5.91 Å². The highest BCUT2D eigenvalue weighted by Gasteiger charge is 2.25. The number of aromatic nitrogens is 1. The molecule has 0 saturated heterocycles. The summed E-state index contributed by atoms with van der Waals surface area (Å²) in [6.07, 6.45) is 8.19. The summed E-state index contributed by atoms with van der Waals surface area (Å²) in [5, 5.41) is 6.28. The predicted molar refractivity (Wildman–Crippen MR) is 163 cm³/mol. The third-order valence-electron chi connectivity index (χ3n) is 7.17. The molecule has 6 rings (SSSR count). The molecule has 1 N–H and O–H groups in total. The molecule has 7 heteroatoms. The Morgan fingerprint density at radius 1 is 1.00 bits per heavy atom. The number of amides is 1. The highest BCUT2D eigenvalue weighted by atomic mass is 35.5. The Balaban J connectivity index is 1.33. The van der Waals surface area contributed by atoms with Gasteiger partial charge in [0.15, 0.2) is 0 Å². The summed E-state index contributed by atoms with van der Waals surface area (Å²) in [4.78, 5) is 19.7. The highest BCUT2D eigenvalue weighted by molar-refractivity contribution is 7.16. The van der Waals surface area contributed by atoms with Crippen LogP contribution >= 0.6 is 34.5 Å². The van der Waals surface area contributed by atoms with Gasteiger partial charge in [-0.2, -0.15) is 0 Å². The molecule has 39 heavy (non-hydrogen) atoms. The van der Waals surface area contributed by atoms with E-state index in [9.17, 15) is 4.79 Å². The normalized spacial score (nSPS) is 13.2. The van der Waals surface area contributed by atoms with Gasteiger partial charge in [-0.3, -0.25) is 4.79 Å². The topological polar surface area (TPSA) is 46.4 Å². The van der Waals surface area contributed by atoms with Gasteiger partial charge in [-0.15, -0.1) is 11.3 Å². The minimum Gasteiger partial charge on any atom is -0.348 e. The number of aliphatic imine (C=N–C) groups is 1. The van der Waals surface area contributed by atoms with Crippen LogP contribution in [0.15, 0.2) is 84.0 Å². The zero-order chi connectivity index (χ0) is 26.8. The SMILES string of the molecule is O=C(NCc1ccccc1)c1c(N=Cc2cn(Cc3ccc(Cl)cc3Cl)c3ccccc23)sc2c1CCCC2. The maximum Gasteiger partial charge on any atom is 0.254 e. The summed E-state index contributed by atoms with van der Waals surface area (Å²) >= 11 is 14.2. The number of hydrogen-bond acceptors (Lipinski definition) is 3. The van der Waals surface area contributed by atoms with Crippen LogP contribution in [-0.2, 0) is 25.9 Å². The van der Waals surface area contributed by atoms with E-state index >= 15 is 0 Å². The summed E-state index contributed by atoms with van der Waals surface area (Å²) in [5.74, 6) is -0.0507. The van der Waals surface area contributed by atoms with Crippen molar-refractivity contribution in [2.24, 2.45) is 4.99 Å². The molecule has 0 unspecified atom stereocenters. The number of aryl methyl sites for hydroxylation is 1. The fraction of sp³-hybridized carbons (Fsp3) is 0.188. The lowest BCUT2D eigenvalue weighted by atomic mass is 9.95. The van der Waals surface area contributed by atoms with Gasteiger partial charge in [0.1, 0.15) is 5.00 Å². The van der Waals surface area contributed by atoms with E-state index in [1.807, 2.05) is 60.8 Å². The minimum absolute atomic E-state index is 0.0507. The van der Waals surface area contributed by atoms with Crippen molar-refractivity contribution in [3.63, 3.8) is 0 Å². The molecule has 2 aromatic heterocycles. The van der Waals surface area contributed by atoms with Crippen molar-refractivity contribution in [2.45, 2.75) is 38.8 Å². The molecule has 1 aliphatic rings. The van der Waals surface area contributed by atoms with E-state index in [1.54, 1.807) is 17.4 Å². The molecule has 1 amide bonds. The van der Waals surface area contributed by atoms with Gasteiger partial charge in [0.25, 0.3) is 5.91 Å². The first-order valence-electron chi connectivity index (χ1n) is 13.1. The first kappa shape index (κ1) is 25.9. The summed E-state index contributed by atoms with van der Waals surface area (Å²) in [6, 6.07) is 23.9. The third-order valence-corrected chi connectivity index (χ3v) is 8.96. The van der Waals surface area contributed by atoms with Gasteiger partial charge in [0.05, 0.1) is 5.56 Å². The van der Waals surface area contributed by atoms with E-state index in [0.717, 1.165) is 63.8 Å². The Morgan fingerprint density at radius 3 is 2.64 bits per heavy atom. The second-order valence-electron chi connectivity index (χ2n) is 9.78. The number of thiophene rings is 1. The molecule has 4 nitrogen and oxygen atoms in total. The van der Waals surface area contributed by atoms with E-state index in [4.69, 9.17) is 28.2 Å². The Bertz CT molecular complexity index is 1690. The molecule has 3 aromatic carbocycles. The molecule has 0 bridgehead atoms. The Kier molecular flexibility index (Phi) is 7.55. The molecular formula is C32H27Cl2N3OS. The quantitative estimate of drug-likeness (QED) is 0.195. The fourth-order valence-corrected chi connectivity index (χ4v) is 6.91. The number of benzene rings is 3. The standard InChI is InChI=1S/C32H27Cl2N3OS/c33-24-15-14-22(27(34)16-24)19-37-20-23(25-10-4-6-12-28(25)37)18-36-32-30(26-11-5-7-13-29(26)39-32)31(38)35-17-21-8-2-1-3-9-21/h1-4,6,8-10,12,14-16,18,20H,5,7,11,13,17,19H2,(H,35,38). The second-order valence-corrected chi connectivity index (χ2v) is 11.7. The molecule has 196 valence electrons. The van der Waals surface area contributed by atoms with Crippen molar-refractivity contribution in [2.75, 3.05) is 0 Å². The van der Waals surface area contributed by atoms with Gasteiger partial charge >= 0.3 is 0 Å². The van der Waals surface area contributed by atoms with E-state index in [0.29, 0.717) is 23.1 Å². The van der Waals surface area contributed by atoms with Crippen LogP contribution in [0, 0.1) is 0 Å². The Hall–Kier alpha value is -3.38. The first-order valence-corrected chi connectivity index (χ1v) is 14.7. The van der Waals surface area contributed by atoms with Gasteiger partial charge in [-0.05, 0) is 60.6 Å². The zero-order valence-corrected chi connectivity index (χ0v) is 23.6. The first-order chi connectivity index (χ1) is 19.1. The highest BCUT2D eigenvalue weighted by Crippen LogP contribution is 2.40. The van der Waals surface area contributed by atoms with Gasteiger partial charge in [0, 0.05) is 56.9 Å². The minimum atomic E-state index is -0.0507. The number of fused-ring (bicyclic) bond motifs is 2. The number of carbonyl (C=O) groups excluding carboxylic acids is 1. The van der Waals surface area contributed by atoms with Crippen LogP contribution in [0.2, 0.25) is 10.0 Å². The van der Waals surface area contributed by atoms with Crippen LogP contribution in [0.5, 0.6) is 0 Å². The number of nitrogens with one attached hydrogen (secondary N) is 1. The number of rotatable bonds is 7. The molecule has 0 atom stereocenters. The summed E-state index contributed by atoms with van der Waals surface area (Å²) in [5.41, 5.74) is 6.07. The van der Waals surface area contributed by atoms with Crippen LogP contribution in [0.1, 0.15) is 50.3 Å². The Labute approximate surface area is 241 Å². The van der Waals surface area contributed by atoms with Gasteiger partial charge in [-0.25, -0.2) is 4.99 Å². The van der Waals surface area contributed by atoms with Crippen molar-refractivity contribution in [1.29, 1.82) is 0 Å². The lowest BCUT2D eigenvalue weighted by Crippen LogP contribution is -2.24. The summed E-state index contributed by atoms with van der Waals surface area (Å²) < 4.78 is 2.18. The number of hydrogen-bond donors (Lipinski definition) is 1. The van der Waals surface area contributed by atoms with Crippen molar-refractivity contribution in [1.82, 2.24) is 9.88 Å². The number of halogens is 2. The largest absolute Gasteiger partial charge is 0.348 e. The van der Waals surface area contributed by atoms with Crippen molar-refractivity contribution in [3.05, 3.63) is 122 Å². The molecule has 0 fully saturated rings.